The van der Waals surface area contributed by atoms with Crippen molar-refractivity contribution in [3.8, 4) is 0 Å². The summed E-state index contributed by atoms with van der Waals surface area (Å²) >= 11 is 0. The normalized spacial score (nSPS) is 14.4. The standard InChI is InChI=1S/C22H30N4O3/c1-25(19-7-3-2-4-8-19)13-6-12-23-22(28)26-14-10-18(11-15-26)21(27)24-17-20-9-5-16-29-20/h2-5,7-9,16,18H,6,10-15,17H2,1H3,(H,23,28)(H,24,27). The zero-order valence-electron chi connectivity index (χ0n) is 17.0. The second-order valence-electron chi connectivity index (χ2n) is 7.40. The first-order valence-corrected chi connectivity index (χ1v) is 10.2. The lowest BCUT2D eigenvalue weighted by Gasteiger charge is -2.31. The van der Waals surface area contributed by atoms with Gasteiger partial charge >= 0.3 is 6.03 Å². The number of anilines is 1. The first-order valence-electron chi connectivity index (χ1n) is 10.2. The third-order valence-corrected chi connectivity index (χ3v) is 5.31. The Morgan fingerprint density at radius 3 is 2.55 bits per heavy atom. The van der Waals surface area contributed by atoms with Crippen molar-refractivity contribution in [3.05, 3.63) is 54.5 Å². The van der Waals surface area contributed by atoms with Gasteiger partial charge in [0.25, 0.3) is 0 Å². The number of para-hydroxylation sites is 1. The lowest BCUT2D eigenvalue weighted by atomic mass is 9.96. The molecule has 7 heteroatoms. The minimum Gasteiger partial charge on any atom is -0.467 e. The number of furan rings is 1. The van der Waals surface area contributed by atoms with E-state index < -0.39 is 0 Å². The van der Waals surface area contributed by atoms with Crippen LogP contribution in [0.2, 0.25) is 0 Å². The van der Waals surface area contributed by atoms with Crippen LogP contribution in [-0.2, 0) is 11.3 Å². The summed E-state index contributed by atoms with van der Waals surface area (Å²) < 4.78 is 5.23. The van der Waals surface area contributed by atoms with Crippen LogP contribution in [0.4, 0.5) is 10.5 Å². The molecule has 1 aliphatic rings. The van der Waals surface area contributed by atoms with E-state index in [4.69, 9.17) is 4.42 Å². The second-order valence-corrected chi connectivity index (χ2v) is 7.40. The van der Waals surface area contributed by atoms with Crippen LogP contribution in [0, 0.1) is 5.92 Å². The number of rotatable bonds is 8. The predicted octanol–water partition coefficient (Wildman–Crippen LogP) is 2.84. The quantitative estimate of drug-likeness (QED) is 0.671. The van der Waals surface area contributed by atoms with E-state index in [1.54, 1.807) is 17.2 Å². The van der Waals surface area contributed by atoms with Crippen molar-refractivity contribution in [3.63, 3.8) is 0 Å². The predicted molar refractivity (Wildman–Crippen MR) is 113 cm³/mol. The molecule has 0 radical (unpaired) electrons. The molecule has 0 unspecified atom stereocenters. The first-order chi connectivity index (χ1) is 14.1. The molecule has 2 heterocycles. The summed E-state index contributed by atoms with van der Waals surface area (Å²) in [6, 6.07) is 13.8. The Bertz CT molecular complexity index is 756. The molecule has 0 aliphatic carbocycles. The molecule has 29 heavy (non-hydrogen) atoms. The number of carbonyl (C=O) groups excluding carboxylic acids is 2. The van der Waals surface area contributed by atoms with Crippen molar-refractivity contribution < 1.29 is 14.0 Å². The number of hydrogen-bond acceptors (Lipinski definition) is 4. The SMILES string of the molecule is CN(CCCNC(=O)N1CCC(C(=O)NCc2ccco2)CC1)c1ccccc1. The van der Waals surface area contributed by atoms with Gasteiger partial charge in [0.05, 0.1) is 12.8 Å². The average Bonchev–Trinajstić information content (AvgIpc) is 3.29. The highest BCUT2D eigenvalue weighted by atomic mass is 16.3. The molecule has 1 aromatic carbocycles. The first kappa shape index (κ1) is 20.8. The molecule has 2 aromatic rings. The minimum absolute atomic E-state index is 0.0328. The zero-order chi connectivity index (χ0) is 20.5. The van der Waals surface area contributed by atoms with Crippen LogP contribution in [-0.4, -0.2) is 50.1 Å². The van der Waals surface area contributed by atoms with E-state index in [0.717, 1.165) is 18.7 Å². The number of amides is 3. The van der Waals surface area contributed by atoms with Gasteiger partial charge in [0, 0.05) is 44.8 Å². The van der Waals surface area contributed by atoms with Crippen LogP contribution in [0.3, 0.4) is 0 Å². The van der Waals surface area contributed by atoms with Crippen molar-refractivity contribution >= 4 is 17.6 Å². The van der Waals surface area contributed by atoms with E-state index in [0.29, 0.717) is 39.0 Å². The Hall–Kier alpha value is -2.96. The summed E-state index contributed by atoms with van der Waals surface area (Å²) in [7, 11) is 2.05. The topological polar surface area (TPSA) is 77.8 Å². The maximum absolute atomic E-state index is 12.4. The van der Waals surface area contributed by atoms with Crippen molar-refractivity contribution in [1.29, 1.82) is 0 Å². The van der Waals surface area contributed by atoms with Crippen LogP contribution in [0.5, 0.6) is 0 Å². The summed E-state index contributed by atoms with van der Waals surface area (Å²) in [5.74, 6) is 0.729. The number of likely N-dealkylation sites (tertiary alicyclic amines) is 1. The van der Waals surface area contributed by atoms with Gasteiger partial charge in [0.1, 0.15) is 5.76 Å². The molecule has 156 valence electrons. The van der Waals surface area contributed by atoms with E-state index in [2.05, 4.69) is 34.7 Å². The van der Waals surface area contributed by atoms with Crippen molar-refractivity contribution in [2.45, 2.75) is 25.8 Å². The largest absolute Gasteiger partial charge is 0.467 e. The zero-order valence-corrected chi connectivity index (χ0v) is 17.0. The fourth-order valence-electron chi connectivity index (χ4n) is 3.51. The maximum atomic E-state index is 12.4. The van der Waals surface area contributed by atoms with Crippen molar-refractivity contribution in [2.24, 2.45) is 5.92 Å². The van der Waals surface area contributed by atoms with E-state index >= 15 is 0 Å². The third-order valence-electron chi connectivity index (χ3n) is 5.31. The van der Waals surface area contributed by atoms with Gasteiger partial charge in [-0.2, -0.15) is 0 Å². The molecular weight excluding hydrogens is 368 g/mol. The van der Waals surface area contributed by atoms with Crippen molar-refractivity contribution in [1.82, 2.24) is 15.5 Å². The Morgan fingerprint density at radius 2 is 1.86 bits per heavy atom. The number of benzene rings is 1. The number of piperidine rings is 1. The molecule has 1 saturated heterocycles. The van der Waals surface area contributed by atoms with Gasteiger partial charge in [0.15, 0.2) is 0 Å². The summed E-state index contributed by atoms with van der Waals surface area (Å²) in [5, 5.41) is 5.90. The number of nitrogens with one attached hydrogen (secondary N) is 2. The lowest BCUT2D eigenvalue weighted by Crippen LogP contribution is -2.47. The second kappa shape index (κ2) is 10.5. The fraction of sp³-hybridized carbons (Fsp3) is 0.455. The smallest absolute Gasteiger partial charge is 0.317 e. The lowest BCUT2D eigenvalue weighted by molar-refractivity contribution is -0.126. The molecule has 3 amide bonds. The molecule has 1 fully saturated rings. The molecule has 2 N–H and O–H groups in total. The van der Waals surface area contributed by atoms with Crippen LogP contribution < -0.4 is 15.5 Å². The van der Waals surface area contributed by atoms with Crippen LogP contribution in [0.25, 0.3) is 0 Å². The molecule has 0 saturated carbocycles. The number of carbonyl (C=O) groups is 2. The molecule has 1 aromatic heterocycles. The Kier molecular flexibility index (Phi) is 7.55. The van der Waals surface area contributed by atoms with Crippen LogP contribution in [0.15, 0.2) is 53.1 Å². The monoisotopic (exact) mass is 398 g/mol. The van der Waals surface area contributed by atoms with Gasteiger partial charge in [0.2, 0.25) is 5.91 Å². The van der Waals surface area contributed by atoms with Gasteiger partial charge < -0.3 is 24.9 Å². The average molecular weight is 399 g/mol. The molecule has 0 bridgehead atoms. The maximum Gasteiger partial charge on any atom is 0.317 e. The van der Waals surface area contributed by atoms with E-state index in [-0.39, 0.29) is 17.9 Å². The van der Waals surface area contributed by atoms with E-state index in [1.807, 2.05) is 24.3 Å². The molecular formula is C22H30N4O3. The molecule has 0 atom stereocenters. The highest BCUT2D eigenvalue weighted by Crippen LogP contribution is 2.18. The summed E-state index contributed by atoms with van der Waals surface area (Å²) in [6.07, 6.45) is 3.85. The summed E-state index contributed by atoms with van der Waals surface area (Å²) in [5.41, 5.74) is 1.17. The summed E-state index contributed by atoms with van der Waals surface area (Å²) in [4.78, 5) is 28.6. The van der Waals surface area contributed by atoms with Crippen molar-refractivity contribution in [2.75, 3.05) is 38.1 Å². The van der Waals surface area contributed by atoms with Gasteiger partial charge in [-0.1, -0.05) is 18.2 Å². The number of urea groups is 1. The van der Waals surface area contributed by atoms with E-state index in [1.165, 1.54) is 5.69 Å². The molecule has 7 nitrogen and oxygen atoms in total. The highest BCUT2D eigenvalue weighted by molar-refractivity contribution is 5.79. The van der Waals surface area contributed by atoms with E-state index in [9.17, 15) is 9.59 Å². The molecule has 3 rings (SSSR count). The van der Waals surface area contributed by atoms with Gasteiger partial charge in [-0.15, -0.1) is 0 Å². The molecule has 0 spiro atoms. The minimum atomic E-state index is -0.0477. The summed E-state index contributed by atoms with van der Waals surface area (Å²) in [6.45, 7) is 3.13. The number of hydrogen-bond donors (Lipinski definition) is 2. The van der Waals surface area contributed by atoms with Gasteiger partial charge in [-0.05, 0) is 43.5 Å². The Balaban J connectivity index is 1.30. The van der Waals surface area contributed by atoms with Crippen LogP contribution in [0.1, 0.15) is 25.0 Å². The number of nitrogens with zero attached hydrogens (tertiary/aromatic N) is 2. The van der Waals surface area contributed by atoms with Gasteiger partial charge in [-0.3, -0.25) is 4.79 Å². The van der Waals surface area contributed by atoms with Gasteiger partial charge in [-0.25, -0.2) is 4.79 Å². The third kappa shape index (κ3) is 6.27. The highest BCUT2D eigenvalue weighted by Gasteiger charge is 2.27. The fourth-order valence-corrected chi connectivity index (χ4v) is 3.51. The molecule has 1 aliphatic heterocycles. The Labute approximate surface area is 172 Å². The van der Waals surface area contributed by atoms with Crippen LogP contribution >= 0.6 is 0 Å². The Morgan fingerprint density at radius 1 is 1.10 bits per heavy atom.